The second-order valence-corrected chi connectivity index (χ2v) is 6.94. The summed E-state index contributed by atoms with van der Waals surface area (Å²) in [5, 5.41) is 6.99. The van der Waals surface area contributed by atoms with Gasteiger partial charge in [0.25, 0.3) is 5.91 Å². The Hall–Kier alpha value is -1.14. The number of carbonyl (C=O) groups is 1. The van der Waals surface area contributed by atoms with Gasteiger partial charge < -0.3 is 4.90 Å². The van der Waals surface area contributed by atoms with E-state index in [-0.39, 0.29) is 5.91 Å². The Morgan fingerprint density at radius 1 is 1.53 bits per heavy atom. The zero-order chi connectivity index (χ0) is 13.8. The number of nitrogens with zero attached hydrogens (tertiary/aromatic N) is 2. The molecule has 0 aliphatic carbocycles. The number of hydrogen-bond donors (Lipinski definition) is 1. The van der Waals surface area contributed by atoms with Crippen molar-refractivity contribution in [3.63, 3.8) is 0 Å². The lowest BCUT2D eigenvalue weighted by Crippen LogP contribution is -2.26. The number of rotatable bonds is 5. The Morgan fingerprint density at radius 3 is 2.95 bits per heavy atom. The molecular weight excluding hydrogens is 326 g/mol. The fraction of sp³-hybridized carbons (Fsp3) is 0.385. The fourth-order valence-corrected chi connectivity index (χ4v) is 3.34. The van der Waals surface area contributed by atoms with E-state index >= 15 is 0 Å². The molecular formula is C13H16BrN3OS. The summed E-state index contributed by atoms with van der Waals surface area (Å²) in [6.07, 6.45) is 1.96. The number of H-pyrrole nitrogens is 1. The molecule has 0 unspecified atom stereocenters. The Morgan fingerprint density at radius 2 is 2.32 bits per heavy atom. The van der Waals surface area contributed by atoms with Gasteiger partial charge in [0.15, 0.2) is 0 Å². The molecule has 102 valence electrons. The first-order chi connectivity index (χ1) is 9.10. The van der Waals surface area contributed by atoms with Crippen molar-refractivity contribution in [3.05, 3.63) is 38.3 Å². The van der Waals surface area contributed by atoms with Gasteiger partial charge in [0.2, 0.25) is 0 Å². The van der Waals surface area contributed by atoms with E-state index in [2.05, 4.69) is 33.1 Å². The number of aryl methyl sites for hydroxylation is 1. The monoisotopic (exact) mass is 341 g/mol. The minimum atomic E-state index is -0.0527. The molecule has 0 aliphatic rings. The van der Waals surface area contributed by atoms with Gasteiger partial charge in [-0.05, 0) is 40.5 Å². The Labute approximate surface area is 125 Å². The Kier molecular flexibility index (Phi) is 4.76. The molecule has 0 spiro atoms. The molecule has 1 N–H and O–H groups in total. The number of hydrogen-bond acceptors (Lipinski definition) is 3. The van der Waals surface area contributed by atoms with Crippen LogP contribution in [-0.2, 0) is 13.0 Å². The van der Waals surface area contributed by atoms with Crippen LogP contribution < -0.4 is 0 Å². The summed E-state index contributed by atoms with van der Waals surface area (Å²) in [6, 6.07) is 5.85. The minimum Gasteiger partial charge on any atom is -0.335 e. The molecule has 2 heterocycles. The summed E-state index contributed by atoms with van der Waals surface area (Å²) >= 11 is 5.06. The van der Waals surface area contributed by atoms with Crippen LogP contribution in [0.5, 0.6) is 0 Å². The largest absolute Gasteiger partial charge is 0.335 e. The molecule has 0 fully saturated rings. The molecule has 0 radical (unpaired) electrons. The van der Waals surface area contributed by atoms with Gasteiger partial charge in [-0.3, -0.25) is 9.89 Å². The summed E-state index contributed by atoms with van der Waals surface area (Å²) < 4.78 is 1.08. The van der Waals surface area contributed by atoms with Gasteiger partial charge in [-0.1, -0.05) is 13.3 Å². The van der Waals surface area contributed by atoms with E-state index in [0.29, 0.717) is 12.2 Å². The first-order valence-electron chi connectivity index (χ1n) is 6.14. The fourth-order valence-electron chi connectivity index (χ4n) is 1.81. The van der Waals surface area contributed by atoms with Gasteiger partial charge in [0.05, 0.1) is 10.3 Å². The summed E-state index contributed by atoms with van der Waals surface area (Å²) in [7, 11) is 1.80. The number of aromatic amines is 1. The van der Waals surface area contributed by atoms with Crippen LogP contribution in [0.4, 0.5) is 0 Å². The van der Waals surface area contributed by atoms with E-state index in [4.69, 9.17) is 0 Å². The van der Waals surface area contributed by atoms with Crippen LogP contribution in [-0.4, -0.2) is 28.1 Å². The van der Waals surface area contributed by atoms with E-state index in [0.717, 1.165) is 27.2 Å². The van der Waals surface area contributed by atoms with Crippen LogP contribution in [0.1, 0.15) is 34.4 Å². The first-order valence-corrected chi connectivity index (χ1v) is 7.75. The molecule has 0 aliphatic heterocycles. The van der Waals surface area contributed by atoms with Crippen molar-refractivity contribution in [2.75, 3.05) is 7.05 Å². The highest BCUT2D eigenvalue weighted by atomic mass is 79.9. The average Bonchev–Trinajstić information content (AvgIpc) is 2.98. The quantitative estimate of drug-likeness (QED) is 0.905. The van der Waals surface area contributed by atoms with E-state index in [9.17, 15) is 4.79 Å². The smallest absolute Gasteiger partial charge is 0.274 e. The van der Waals surface area contributed by atoms with Crippen LogP contribution >= 0.6 is 27.3 Å². The normalized spacial score (nSPS) is 10.7. The van der Waals surface area contributed by atoms with Gasteiger partial charge >= 0.3 is 0 Å². The van der Waals surface area contributed by atoms with Crippen molar-refractivity contribution in [1.82, 2.24) is 15.1 Å². The highest BCUT2D eigenvalue weighted by Gasteiger charge is 2.16. The third kappa shape index (κ3) is 3.67. The number of nitrogens with one attached hydrogen (secondary N) is 1. The van der Waals surface area contributed by atoms with Crippen LogP contribution in [0, 0.1) is 0 Å². The molecule has 19 heavy (non-hydrogen) atoms. The van der Waals surface area contributed by atoms with E-state index in [1.54, 1.807) is 23.3 Å². The van der Waals surface area contributed by atoms with Gasteiger partial charge in [0.1, 0.15) is 5.69 Å². The van der Waals surface area contributed by atoms with Gasteiger partial charge in [-0.2, -0.15) is 5.10 Å². The highest BCUT2D eigenvalue weighted by molar-refractivity contribution is 9.11. The van der Waals surface area contributed by atoms with Gasteiger partial charge in [-0.15, -0.1) is 11.3 Å². The second-order valence-electron chi connectivity index (χ2n) is 4.40. The first kappa shape index (κ1) is 14.3. The van der Waals surface area contributed by atoms with Gasteiger partial charge in [-0.25, -0.2) is 0 Å². The summed E-state index contributed by atoms with van der Waals surface area (Å²) in [5.74, 6) is -0.0527. The molecule has 0 bridgehead atoms. The highest BCUT2D eigenvalue weighted by Crippen LogP contribution is 2.23. The maximum Gasteiger partial charge on any atom is 0.274 e. The minimum absolute atomic E-state index is 0.0527. The standard InChI is InChI=1S/C13H16BrN3OS/c1-3-4-9-7-11(16-15-9)13(18)17(2)8-10-5-6-12(14)19-10/h5-7H,3-4,8H2,1-2H3,(H,15,16). The van der Waals surface area contributed by atoms with Crippen molar-refractivity contribution in [2.24, 2.45) is 0 Å². The van der Waals surface area contributed by atoms with E-state index in [1.807, 2.05) is 18.2 Å². The number of aromatic nitrogens is 2. The molecule has 0 aromatic carbocycles. The molecule has 0 saturated carbocycles. The number of halogens is 1. The molecule has 0 atom stereocenters. The maximum atomic E-state index is 12.2. The van der Waals surface area contributed by atoms with E-state index < -0.39 is 0 Å². The Bertz CT molecular complexity index is 564. The maximum absolute atomic E-state index is 12.2. The number of amides is 1. The second kappa shape index (κ2) is 6.34. The lowest BCUT2D eigenvalue weighted by molar-refractivity contribution is 0.0780. The van der Waals surface area contributed by atoms with Crippen molar-refractivity contribution < 1.29 is 4.79 Å². The third-order valence-corrected chi connectivity index (χ3v) is 4.35. The molecule has 2 aromatic rings. The van der Waals surface area contributed by atoms with E-state index in [1.165, 1.54) is 0 Å². The third-order valence-electron chi connectivity index (χ3n) is 2.74. The molecule has 6 heteroatoms. The molecule has 2 rings (SSSR count). The van der Waals surface area contributed by atoms with Crippen LogP contribution in [0.25, 0.3) is 0 Å². The Balaban J connectivity index is 2.01. The van der Waals surface area contributed by atoms with Crippen molar-refractivity contribution in [2.45, 2.75) is 26.3 Å². The molecule has 1 amide bonds. The van der Waals surface area contributed by atoms with Gasteiger partial charge in [0, 0.05) is 17.6 Å². The molecule has 4 nitrogen and oxygen atoms in total. The predicted molar refractivity (Wildman–Crippen MR) is 80.4 cm³/mol. The SMILES string of the molecule is CCCc1cc(C(=O)N(C)Cc2ccc(Br)s2)n[nH]1. The summed E-state index contributed by atoms with van der Waals surface area (Å²) in [6.45, 7) is 2.70. The molecule has 0 saturated heterocycles. The zero-order valence-electron chi connectivity index (χ0n) is 10.9. The van der Waals surface area contributed by atoms with Crippen LogP contribution in [0.3, 0.4) is 0 Å². The molecule has 2 aromatic heterocycles. The summed E-state index contributed by atoms with van der Waals surface area (Å²) in [4.78, 5) is 15.0. The van der Waals surface area contributed by atoms with Crippen molar-refractivity contribution in [3.8, 4) is 0 Å². The average molecular weight is 342 g/mol. The summed E-state index contributed by atoms with van der Waals surface area (Å²) in [5.41, 5.74) is 1.50. The topological polar surface area (TPSA) is 49.0 Å². The zero-order valence-corrected chi connectivity index (χ0v) is 13.3. The van der Waals surface area contributed by atoms with Crippen molar-refractivity contribution >= 4 is 33.2 Å². The van der Waals surface area contributed by atoms with Crippen LogP contribution in [0.15, 0.2) is 22.0 Å². The predicted octanol–water partition coefficient (Wildman–Crippen LogP) is 3.46. The number of thiophene rings is 1. The number of carbonyl (C=O) groups excluding carboxylic acids is 1. The lowest BCUT2D eigenvalue weighted by atomic mass is 10.2. The van der Waals surface area contributed by atoms with Crippen LogP contribution in [0.2, 0.25) is 0 Å². The lowest BCUT2D eigenvalue weighted by Gasteiger charge is -2.14. The van der Waals surface area contributed by atoms with Crippen molar-refractivity contribution in [1.29, 1.82) is 0 Å².